The van der Waals surface area contributed by atoms with Gasteiger partial charge in [-0.2, -0.15) is 0 Å². The molecular weight excluding hydrogens is 257 g/mol. The molecule has 0 saturated heterocycles. The fraction of sp³-hybridized carbons (Fsp3) is 0.562. The minimum atomic E-state index is -0.348. The second-order valence-corrected chi connectivity index (χ2v) is 5.58. The number of benzene rings is 1. The van der Waals surface area contributed by atoms with Crippen molar-refractivity contribution in [1.29, 1.82) is 0 Å². The Kier molecular flexibility index (Phi) is 5.99. The molecule has 20 heavy (non-hydrogen) atoms. The maximum atomic E-state index is 13.7. The van der Waals surface area contributed by atoms with Crippen molar-refractivity contribution in [2.75, 3.05) is 0 Å². The molecule has 1 aromatic carbocycles. The van der Waals surface area contributed by atoms with Gasteiger partial charge in [0.05, 0.1) is 6.10 Å². The van der Waals surface area contributed by atoms with Gasteiger partial charge in [-0.3, -0.25) is 0 Å². The lowest BCUT2D eigenvalue weighted by Crippen LogP contribution is -2.45. The lowest BCUT2D eigenvalue weighted by atomic mass is 10.0. The average molecular weight is 281 g/mol. The fourth-order valence-electron chi connectivity index (χ4n) is 2.24. The third-order valence-electron chi connectivity index (χ3n) is 3.05. The Morgan fingerprint density at radius 2 is 1.80 bits per heavy atom. The van der Waals surface area contributed by atoms with Crippen LogP contribution >= 0.6 is 0 Å². The van der Waals surface area contributed by atoms with Crippen molar-refractivity contribution in [1.82, 2.24) is 4.90 Å². The molecule has 0 bridgehead atoms. The minimum absolute atomic E-state index is 0.00280. The predicted octanol–water partition coefficient (Wildman–Crippen LogP) is 4.01. The number of carbonyl (C=O) groups excluding carboxylic acids is 1. The first-order chi connectivity index (χ1) is 9.32. The number of hydrogen-bond donors (Lipinski definition) is 0. The zero-order valence-corrected chi connectivity index (χ0v) is 12.9. The van der Waals surface area contributed by atoms with Gasteiger partial charge in [-0.15, -0.1) is 0 Å². The molecule has 0 saturated carbocycles. The molecule has 0 aliphatic carbocycles. The van der Waals surface area contributed by atoms with Gasteiger partial charge in [-0.05, 0) is 52.7 Å². The van der Waals surface area contributed by atoms with Crippen LogP contribution in [-0.4, -0.2) is 29.2 Å². The molecular formula is C16H24FNO2. The van der Waals surface area contributed by atoms with Crippen molar-refractivity contribution in [2.45, 2.75) is 59.2 Å². The summed E-state index contributed by atoms with van der Waals surface area (Å²) in [5.41, 5.74) is 0.614. The first kappa shape index (κ1) is 16.5. The highest BCUT2D eigenvalue weighted by atomic mass is 19.1. The highest BCUT2D eigenvalue weighted by Crippen LogP contribution is 2.16. The van der Waals surface area contributed by atoms with Crippen LogP contribution in [0.4, 0.5) is 9.18 Å². The largest absolute Gasteiger partial charge is 0.447 e. The summed E-state index contributed by atoms with van der Waals surface area (Å²) < 4.78 is 18.9. The minimum Gasteiger partial charge on any atom is -0.447 e. The number of carbonyl (C=O) groups is 1. The lowest BCUT2D eigenvalue weighted by Gasteiger charge is -2.32. The molecule has 4 heteroatoms. The van der Waals surface area contributed by atoms with E-state index < -0.39 is 0 Å². The molecule has 1 atom stereocenters. The van der Waals surface area contributed by atoms with Crippen LogP contribution in [0.1, 0.15) is 40.2 Å². The van der Waals surface area contributed by atoms with Crippen LogP contribution in [0.25, 0.3) is 0 Å². The highest BCUT2D eigenvalue weighted by Gasteiger charge is 2.25. The highest BCUT2D eigenvalue weighted by molar-refractivity contribution is 5.68. The Morgan fingerprint density at radius 1 is 1.20 bits per heavy atom. The van der Waals surface area contributed by atoms with Gasteiger partial charge in [0.2, 0.25) is 0 Å². The average Bonchev–Trinajstić information content (AvgIpc) is 2.30. The van der Waals surface area contributed by atoms with E-state index in [4.69, 9.17) is 4.74 Å². The number of nitrogens with zero attached hydrogens (tertiary/aromatic N) is 1. The van der Waals surface area contributed by atoms with Crippen molar-refractivity contribution in [3.63, 3.8) is 0 Å². The van der Waals surface area contributed by atoms with Crippen LogP contribution in [0.2, 0.25) is 0 Å². The molecule has 1 aromatic rings. The zero-order chi connectivity index (χ0) is 15.3. The Hall–Kier alpha value is -1.58. The molecule has 0 aromatic heterocycles. The molecule has 112 valence electrons. The standard InChI is InChI=1S/C16H24FNO2/c1-11(2)18(16(19)20-12(3)4)13(5)10-14-8-6-7-9-15(14)17/h6-9,11-13H,10H2,1-5H3. The van der Waals surface area contributed by atoms with Gasteiger partial charge < -0.3 is 9.64 Å². The van der Waals surface area contributed by atoms with E-state index in [0.717, 1.165) is 0 Å². The second-order valence-electron chi connectivity index (χ2n) is 5.58. The smallest absolute Gasteiger partial charge is 0.410 e. The van der Waals surface area contributed by atoms with E-state index in [1.807, 2.05) is 34.6 Å². The third kappa shape index (κ3) is 4.51. The number of ether oxygens (including phenoxy) is 1. The number of halogens is 1. The summed E-state index contributed by atoms with van der Waals surface area (Å²) in [7, 11) is 0. The predicted molar refractivity (Wildman–Crippen MR) is 78.2 cm³/mol. The first-order valence-corrected chi connectivity index (χ1v) is 7.05. The van der Waals surface area contributed by atoms with Gasteiger partial charge >= 0.3 is 6.09 Å². The van der Waals surface area contributed by atoms with Crippen molar-refractivity contribution in [3.05, 3.63) is 35.6 Å². The monoisotopic (exact) mass is 281 g/mol. The Bertz CT molecular complexity index is 446. The molecule has 1 unspecified atom stereocenters. The SMILES string of the molecule is CC(C)OC(=O)N(C(C)C)C(C)Cc1ccccc1F. The molecule has 1 rings (SSSR count). The second kappa shape index (κ2) is 7.27. The van der Waals surface area contributed by atoms with Crippen LogP contribution in [0.3, 0.4) is 0 Å². The fourth-order valence-corrected chi connectivity index (χ4v) is 2.24. The van der Waals surface area contributed by atoms with Gasteiger partial charge in [0.15, 0.2) is 0 Å². The summed E-state index contributed by atoms with van der Waals surface area (Å²) in [6.07, 6.45) is -0.0406. The lowest BCUT2D eigenvalue weighted by molar-refractivity contribution is 0.0545. The molecule has 0 aliphatic heterocycles. The van der Waals surface area contributed by atoms with Crippen molar-refractivity contribution in [3.8, 4) is 0 Å². The quantitative estimate of drug-likeness (QED) is 0.816. The van der Waals surface area contributed by atoms with E-state index in [-0.39, 0.29) is 30.1 Å². The van der Waals surface area contributed by atoms with E-state index in [1.165, 1.54) is 6.07 Å². The Morgan fingerprint density at radius 3 is 2.30 bits per heavy atom. The first-order valence-electron chi connectivity index (χ1n) is 7.05. The summed E-state index contributed by atoms with van der Waals surface area (Å²) in [5, 5.41) is 0. The van der Waals surface area contributed by atoms with Crippen LogP contribution < -0.4 is 0 Å². The third-order valence-corrected chi connectivity index (χ3v) is 3.05. The molecule has 0 fully saturated rings. The topological polar surface area (TPSA) is 29.5 Å². The summed E-state index contributed by atoms with van der Waals surface area (Å²) in [6.45, 7) is 9.41. The number of amides is 1. The molecule has 0 aliphatic rings. The normalized spacial score (nSPS) is 12.6. The Labute approximate surface area is 120 Å². The molecule has 0 spiro atoms. The van der Waals surface area contributed by atoms with E-state index in [1.54, 1.807) is 23.1 Å². The van der Waals surface area contributed by atoms with Crippen molar-refractivity contribution >= 4 is 6.09 Å². The van der Waals surface area contributed by atoms with E-state index >= 15 is 0 Å². The van der Waals surface area contributed by atoms with Crippen LogP contribution in [0.15, 0.2) is 24.3 Å². The summed E-state index contributed by atoms with van der Waals surface area (Å²) in [4.78, 5) is 13.8. The van der Waals surface area contributed by atoms with Gasteiger partial charge in [-0.1, -0.05) is 18.2 Å². The molecule has 0 heterocycles. The van der Waals surface area contributed by atoms with Gasteiger partial charge in [0.25, 0.3) is 0 Å². The van der Waals surface area contributed by atoms with E-state index in [2.05, 4.69) is 0 Å². The molecule has 1 amide bonds. The van der Waals surface area contributed by atoms with E-state index in [0.29, 0.717) is 12.0 Å². The van der Waals surface area contributed by atoms with E-state index in [9.17, 15) is 9.18 Å². The van der Waals surface area contributed by atoms with Gasteiger partial charge in [-0.25, -0.2) is 9.18 Å². The van der Waals surface area contributed by atoms with Crippen LogP contribution in [-0.2, 0) is 11.2 Å². The van der Waals surface area contributed by atoms with Crippen molar-refractivity contribution < 1.29 is 13.9 Å². The summed E-state index contributed by atoms with van der Waals surface area (Å²) in [6, 6.07) is 6.53. The number of hydrogen-bond acceptors (Lipinski definition) is 2. The van der Waals surface area contributed by atoms with Crippen LogP contribution in [0.5, 0.6) is 0 Å². The molecule has 0 radical (unpaired) electrons. The van der Waals surface area contributed by atoms with Crippen molar-refractivity contribution in [2.24, 2.45) is 0 Å². The molecule has 0 N–H and O–H groups in total. The summed E-state index contributed by atoms with van der Waals surface area (Å²) in [5.74, 6) is -0.236. The van der Waals surface area contributed by atoms with Gasteiger partial charge in [0.1, 0.15) is 5.82 Å². The van der Waals surface area contributed by atoms with Gasteiger partial charge in [0, 0.05) is 12.1 Å². The zero-order valence-electron chi connectivity index (χ0n) is 12.9. The maximum absolute atomic E-state index is 13.7. The molecule has 3 nitrogen and oxygen atoms in total. The maximum Gasteiger partial charge on any atom is 0.410 e. The van der Waals surface area contributed by atoms with Crippen LogP contribution in [0, 0.1) is 5.82 Å². The Balaban J connectivity index is 2.82. The summed E-state index contributed by atoms with van der Waals surface area (Å²) >= 11 is 0. The number of rotatable bonds is 5.